The van der Waals surface area contributed by atoms with Crippen LogP contribution in [-0.4, -0.2) is 16.1 Å². The molecule has 17 heavy (non-hydrogen) atoms. The quantitative estimate of drug-likeness (QED) is 0.905. The van der Waals surface area contributed by atoms with Crippen LogP contribution in [0.2, 0.25) is 5.02 Å². The molecule has 5 heteroatoms. The molecule has 0 spiro atoms. The number of likely N-dealkylation sites (N-methyl/N-ethyl adjacent to an activating group) is 1. The van der Waals surface area contributed by atoms with Crippen molar-refractivity contribution in [3.05, 3.63) is 45.9 Å². The molecule has 0 radical (unpaired) electrons. The third kappa shape index (κ3) is 3.49. The number of hydrogen-bond acceptors (Lipinski definition) is 4. The lowest BCUT2D eigenvalue weighted by Gasteiger charge is -2.15. The minimum atomic E-state index is 0.279. The van der Waals surface area contributed by atoms with Crippen LogP contribution >= 0.6 is 23.1 Å². The number of nitrogens with one attached hydrogen (secondary N) is 1. The molecule has 1 aromatic heterocycles. The van der Waals surface area contributed by atoms with E-state index in [2.05, 4.69) is 34.0 Å². The van der Waals surface area contributed by atoms with Crippen LogP contribution in [0.25, 0.3) is 0 Å². The van der Waals surface area contributed by atoms with Gasteiger partial charge in [0.1, 0.15) is 0 Å². The molecule has 2 aromatic rings. The van der Waals surface area contributed by atoms with E-state index in [9.17, 15) is 0 Å². The monoisotopic (exact) mass is 267 g/mol. The fraction of sp³-hybridized carbons (Fsp3) is 0.333. The maximum Gasteiger partial charge on any atom is 0.0669 e. The highest BCUT2D eigenvalue weighted by Crippen LogP contribution is 2.21. The van der Waals surface area contributed by atoms with Crippen LogP contribution in [0.4, 0.5) is 0 Å². The Morgan fingerprint density at radius 3 is 2.71 bits per heavy atom. The first-order valence-electron chi connectivity index (χ1n) is 5.54. The molecule has 1 atom stereocenters. The predicted octanol–water partition coefficient (Wildman–Crippen LogP) is 3.08. The maximum atomic E-state index is 5.88. The van der Waals surface area contributed by atoms with Crippen molar-refractivity contribution >= 4 is 23.1 Å². The molecule has 0 amide bonds. The number of rotatable bonds is 5. The molecule has 0 aliphatic rings. The highest BCUT2D eigenvalue weighted by Gasteiger charge is 2.13. The smallest absolute Gasteiger partial charge is 0.0669 e. The van der Waals surface area contributed by atoms with Gasteiger partial charge in [-0.2, -0.15) is 0 Å². The van der Waals surface area contributed by atoms with Crippen molar-refractivity contribution in [3.8, 4) is 0 Å². The van der Waals surface area contributed by atoms with Gasteiger partial charge >= 0.3 is 0 Å². The molecule has 3 nitrogen and oxygen atoms in total. The topological polar surface area (TPSA) is 37.8 Å². The van der Waals surface area contributed by atoms with Gasteiger partial charge in [0, 0.05) is 11.1 Å². The molecule has 0 saturated heterocycles. The highest BCUT2D eigenvalue weighted by molar-refractivity contribution is 7.05. The van der Waals surface area contributed by atoms with Gasteiger partial charge in [-0.25, -0.2) is 0 Å². The van der Waals surface area contributed by atoms with E-state index in [4.69, 9.17) is 11.6 Å². The Hall–Kier alpha value is -0.970. The number of nitrogens with zero attached hydrogens (tertiary/aromatic N) is 2. The summed E-state index contributed by atoms with van der Waals surface area (Å²) in [7, 11) is 0. The molecule has 1 N–H and O–H groups in total. The van der Waals surface area contributed by atoms with Gasteiger partial charge in [-0.05, 0) is 42.2 Å². The molecular formula is C12H14ClN3S. The summed E-state index contributed by atoms with van der Waals surface area (Å²) in [6.07, 6.45) is 2.75. The van der Waals surface area contributed by atoms with Gasteiger partial charge < -0.3 is 5.32 Å². The second kappa shape index (κ2) is 6.10. The standard InChI is InChI=1S/C12H14ClN3S/c1-2-14-11(12-8-15-16-17-12)7-9-3-5-10(13)6-4-9/h3-6,8,11,14H,2,7H2,1H3. The Morgan fingerprint density at radius 1 is 1.35 bits per heavy atom. The van der Waals surface area contributed by atoms with E-state index >= 15 is 0 Å². The van der Waals surface area contributed by atoms with Gasteiger partial charge in [0.05, 0.1) is 11.1 Å². The second-order valence-electron chi connectivity index (χ2n) is 3.76. The van der Waals surface area contributed by atoms with E-state index in [0.29, 0.717) is 0 Å². The van der Waals surface area contributed by atoms with Crippen LogP contribution in [0.1, 0.15) is 23.4 Å². The van der Waals surface area contributed by atoms with E-state index < -0.39 is 0 Å². The second-order valence-corrected chi connectivity index (χ2v) is 5.01. The minimum absolute atomic E-state index is 0.279. The van der Waals surface area contributed by atoms with Crippen LogP contribution in [0.5, 0.6) is 0 Å². The van der Waals surface area contributed by atoms with Crippen molar-refractivity contribution in [2.24, 2.45) is 0 Å². The molecule has 1 heterocycles. The Labute approximate surface area is 110 Å². The van der Waals surface area contributed by atoms with Gasteiger partial charge in [-0.1, -0.05) is 35.1 Å². The lowest BCUT2D eigenvalue weighted by atomic mass is 10.1. The molecule has 1 unspecified atom stereocenters. The average Bonchev–Trinajstić information content (AvgIpc) is 2.85. The molecule has 0 aliphatic heterocycles. The summed E-state index contributed by atoms with van der Waals surface area (Å²) >= 11 is 7.32. The highest BCUT2D eigenvalue weighted by atomic mass is 35.5. The van der Waals surface area contributed by atoms with E-state index in [1.807, 2.05) is 18.3 Å². The zero-order valence-electron chi connectivity index (χ0n) is 9.56. The molecule has 0 fully saturated rings. The summed E-state index contributed by atoms with van der Waals surface area (Å²) in [5.41, 5.74) is 1.26. The zero-order valence-corrected chi connectivity index (χ0v) is 11.1. The first-order valence-corrected chi connectivity index (χ1v) is 6.70. The van der Waals surface area contributed by atoms with Crippen molar-refractivity contribution < 1.29 is 0 Å². The van der Waals surface area contributed by atoms with E-state index in [1.165, 1.54) is 22.0 Å². The maximum absolute atomic E-state index is 5.88. The third-order valence-electron chi connectivity index (χ3n) is 2.53. The Morgan fingerprint density at radius 2 is 2.12 bits per heavy atom. The summed E-state index contributed by atoms with van der Waals surface area (Å²) in [4.78, 5) is 1.17. The molecular weight excluding hydrogens is 254 g/mol. The van der Waals surface area contributed by atoms with Crippen molar-refractivity contribution in [2.75, 3.05) is 6.54 Å². The molecule has 1 aromatic carbocycles. The number of hydrogen-bond donors (Lipinski definition) is 1. The fourth-order valence-electron chi connectivity index (χ4n) is 1.70. The van der Waals surface area contributed by atoms with Crippen LogP contribution in [0.3, 0.4) is 0 Å². The van der Waals surface area contributed by atoms with Gasteiger partial charge in [0.25, 0.3) is 0 Å². The Balaban J connectivity index is 2.10. The number of aromatic nitrogens is 2. The number of halogens is 1. The van der Waals surface area contributed by atoms with Crippen molar-refractivity contribution in [1.82, 2.24) is 14.9 Å². The van der Waals surface area contributed by atoms with Gasteiger partial charge in [-0.15, -0.1) is 5.10 Å². The van der Waals surface area contributed by atoms with E-state index in [-0.39, 0.29) is 6.04 Å². The predicted molar refractivity (Wildman–Crippen MR) is 71.5 cm³/mol. The zero-order chi connectivity index (χ0) is 12.1. The fourth-order valence-corrected chi connectivity index (χ4v) is 2.41. The summed E-state index contributed by atoms with van der Waals surface area (Å²) in [6, 6.07) is 8.24. The van der Waals surface area contributed by atoms with Gasteiger partial charge in [-0.3, -0.25) is 0 Å². The first kappa shape index (κ1) is 12.5. The van der Waals surface area contributed by atoms with Crippen molar-refractivity contribution in [2.45, 2.75) is 19.4 Å². The third-order valence-corrected chi connectivity index (χ3v) is 3.55. The molecule has 90 valence electrons. The summed E-state index contributed by atoms with van der Waals surface area (Å²) < 4.78 is 3.91. The summed E-state index contributed by atoms with van der Waals surface area (Å²) in [5.74, 6) is 0. The summed E-state index contributed by atoms with van der Waals surface area (Å²) in [6.45, 7) is 3.03. The Bertz CT molecular complexity index is 441. The largest absolute Gasteiger partial charge is 0.309 e. The molecule has 0 bridgehead atoms. The van der Waals surface area contributed by atoms with Crippen molar-refractivity contribution in [3.63, 3.8) is 0 Å². The SMILES string of the molecule is CCNC(Cc1ccc(Cl)cc1)c1cnns1. The average molecular weight is 268 g/mol. The van der Waals surface area contributed by atoms with E-state index in [1.54, 1.807) is 0 Å². The van der Waals surface area contributed by atoms with Crippen LogP contribution in [-0.2, 0) is 6.42 Å². The molecule has 2 rings (SSSR count). The number of benzene rings is 1. The lowest BCUT2D eigenvalue weighted by Crippen LogP contribution is -2.22. The molecule has 0 saturated carbocycles. The lowest BCUT2D eigenvalue weighted by molar-refractivity contribution is 0.557. The van der Waals surface area contributed by atoms with Crippen LogP contribution in [0.15, 0.2) is 30.5 Å². The molecule has 0 aliphatic carbocycles. The van der Waals surface area contributed by atoms with Gasteiger partial charge in [0.2, 0.25) is 0 Å². The Kier molecular flexibility index (Phi) is 4.48. The van der Waals surface area contributed by atoms with Crippen molar-refractivity contribution in [1.29, 1.82) is 0 Å². The normalized spacial score (nSPS) is 12.6. The van der Waals surface area contributed by atoms with Gasteiger partial charge in [0.15, 0.2) is 0 Å². The first-order chi connectivity index (χ1) is 8.29. The summed E-state index contributed by atoms with van der Waals surface area (Å²) in [5, 5.41) is 8.11. The van der Waals surface area contributed by atoms with Crippen LogP contribution < -0.4 is 5.32 Å². The minimum Gasteiger partial charge on any atom is -0.309 e. The van der Waals surface area contributed by atoms with E-state index in [0.717, 1.165) is 18.0 Å². The van der Waals surface area contributed by atoms with Crippen LogP contribution in [0, 0.1) is 0 Å².